The summed E-state index contributed by atoms with van der Waals surface area (Å²) < 4.78 is 6.10. The van der Waals surface area contributed by atoms with Gasteiger partial charge in [0.1, 0.15) is 0 Å². The lowest BCUT2D eigenvalue weighted by Gasteiger charge is -2.37. The first-order valence-electron chi connectivity index (χ1n) is 6.77. The SMILES string of the molecule is CC(C)[C@@H]1CC[C@@H](C)C[C@H]1OCCN(C)C. The third-order valence-corrected chi connectivity index (χ3v) is 3.83. The molecule has 0 N–H and O–H groups in total. The molecule has 0 aromatic rings. The Bertz CT molecular complexity index is 191. The molecule has 0 spiro atoms. The molecule has 0 amide bonds. The Kier molecular flexibility index (Phi) is 5.77. The molecule has 1 fully saturated rings. The van der Waals surface area contributed by atoms with Crippen LogP contribution in [0.5, 0.6) is 0 Å². The first-order chi connectivity index (χ1) is 7.50. The minimum absolute atomic E-state index is 0.503. The quantitative estimate of drug-likeness (QED) is 0.716. The van der Waals surface area contributed by atoms with Crippen molar-refractivity contribution in [2.24, 2.45) is 17.8 Å². The van der Waals surface area contributed by atoms with Crippen LogP contribution in [0.25, 0.3) is 0 Å². The van der Waals surface area contributed by atoms with Crippen molar-refractivity contribution in [1.82, 2.24) is 4.90 Å². The minimum Gasteiger partial charge on any atom is -0.377 e. The van der Waals surface area contributed by atoms with Crippen molar-refractivity contribution in [3.8, 4) is 0 Å². The normalized spacial score (nSPS) is 31.3. The van der Waals surface area contributed by atoms with Crippen LogP contribution in [0, 0.1) is 17.8 Å². The van der Waals surface area contributed by atoms with Crippen molar-refractivity contribution >= 4 is 0 Å². The predicted molar refractivity (Wildman–Crippen MR) is 69.6 cm³/mol. The molecule has 0 radical (unpaired) electrons. The zero-order valence-electron chi connectivity index (χ0n) is 11.7. The highest BCUT2D eigenvalue weighted by Crippen LogP contribution is 2.35. The molecule has 1 aliphatic carbocycles. The summed E-state index contributed by atoms with van der Waals surface area (Å²) in [6.07, 6.45) is 4.50. The molecule has 1 aliphatic rings. The first-order valence-corrected chi connectivity index (χ1v) is 6.77. The summed E-state index contributed by atoms with van der Waals surface area (Å²) in [6, 6.07) is 0. The van der Waals surface area contributed by atoms with Crippen LogP contribution in [-0.4, -0.2) is 38.3 Å². The molecule has 3 atom stereocenters. The van der Waals surface area contributed by atoms with E-state index in [0.717, 1.165) is 30.9 Å². The van der Waals surface area contributed by atoms with E-state index in [2.05, 4.69) is 39.8 Å². The van der Waals surface area contributed by atoms with Crippen LogP contribution < -0.4 is 0 Å². The van der Waals surface area contributed by atoms with Crippen LogP contribution >= 0.6 is 0 Å². The van der Waals surface area contributed by atoms with Gasteiger partial charge in [0.25, 0.3) is 0 Å². The van der Waals surface area contributed by atoms with Crippen molar-refractivity contribution in [2.75, 3.05) is 27.2 Å². The van der Waals surface area contributed by atoms with Gasteiger partial charge < -0.3 is 9.64 Å². The summed E-state index contributed by atoms with van der Waals surface area (Å²) >= 11 is 0. The second kappa shape index (κ2) is 6.61. The molecular formula is C14H29NO. The fourth-order valence-corrected chi connectivity index (χ4v) is 2.69. The van der Waals surface area contributed by atoms with Gasteiger partial charge in [-0.15, -0.1) is 0 Å². The van der Waals surface area contributed by atoms with Gasteiger partial charge in [-0.25, -0.2) is 0 Å². The number of likely N-dealkylation sites (N-methyl/N-ethyl adjacent to an activating group) is 1. The van der Waals surface area contributed by atoms with E-state index in [1.807, 2.05) is 0 Å². The maximum Gasteiger partial charge on any atom is 0.0608 e. The molecule has 1 rings (SSSR count). The smallest absolute Gasteiger partial charge is 0.0608 e. The lowest BCUT2D eigenvalue weighted by Crippen LogP contribution is -2.35. The molecular weight excluding hydrogens is 198 g/mol. The third kappa shape index (κ3) is 4.42. The third-order valence-electron chi connectivity index (χ3n) is 3.83. The Morgan fingerprint density at radius 2 is 1.94 bits per heavy atom. The van der Waals surface area contributed by atoms with Crippen molar-refractivity contribution in [2.45, 2.75) is 46.1 Å². The molecule has 96 valence electrons. The highest BCUT2D eigenvalue weighted by Gasteiger charge is 2.31. The molecule has 0 saturated heterocycles. The molecule has 0 unspecified atom stereocenters. The Labute approximate surface area is 101 Å². The van der Waals surface area contributed by atoms with Gasteiger partial charge in [-0.2, -0.15) is 0 Å². The van der Waals surface area contributed by atoms with Gasteiger partial charge >= 0.3 is 0 Å². The van der Waals surface area contributed by atoms with Gasteiger partial charge in [0.2, 0.25) is 0 Å². The van der Waals surface area contributed by atoms with Crippen molar-refractivity contribution in [1.29, 1.82) is 0 Å². The van der Waals surface area contributed by atoms with Crippen LogP contribution in [0.4, 0.5) is 0 Å². The lowest BCUT2D eigenvalue weighted by molar-refractivity contribution is -0.0417. The van der Waals surface area contributed by atoms with Crippen molar-refractivity contribution < 1.29 is 4.74 Å². The molecule has 0 aromatic heterocycles. The van der Waals surface area contributed by atoms with Gasteiger partial charge in [0.05, 0.1) is 12.7 Å². The topological polar surface area (TPSA) is 12.5 Å². The zero-order chi connectivity index (χ0) is 12.1. The molecule has 1 saturated carbocycles. The van der Waals surface area contributed by atoms with Gasteiger partial charge in [-0.05, 0) is 44.7 Å². The van der Waals surface area contributed by atoms with Crippen molar-refractivity contribution in [3.63, 3.8) is 0 Å². The standard InChI is InChI=1S/C14H29NO/c1-11(2)13-7-6-12(3)10-14(13)16-9-8-15(4)5/h11-14H,6-10H2,1-5H3/t12-,13+,14-/m1/s1. The molecule has 0 heterocycles. The number of hydrogen-bond donors (Lipinski definition) is 0. The summed E-state index contributed by atoms with van der Waals surface area (Å²) in [5, 5.41) is 0. The highest BCUT2D eigenvalue weighted by molar-refractivity contribution is 4.81. The van der Waals surface area contributed by atoms with E-state index in [1.54, 1.807) is 0 Å². The Balaban J connectivity index is 2.38. The zero-order valence-corrected chi connectivity index (χ0v) is 11.7. The minimum atomic E-state index is 0.503. The lowest BCUT2D eigenvalue weighted by atomic mass is 9.75. The first kappa shape index (κ1) is 14.0. The van der Waals surface area contributed by atoms with E-state index in [-0.39, 0.29) is 0 Å². The number of ether oxygens (including phenoxy) is 1. The number of rotatable bonds is 5. The Morgan fingerprint density at radius 1 is 1.25 bits per heavy atom. The van der Waals surface area contributed by atoms with E-state index in [1.165, 1.54) is 19.3 Å². The van der Waals surface area contributed by atoms with Crippen LogP contribution in [-0.2, 0) is 4.74 Å². The van der Waals surface area contributed by atoms with Gasteiger partial charge in [-0.1, -0.05) is 27.2 Å². The van der Waals surface area contributed by atoms with Gasteiger partial charge in [-0.3, -0.25) is 0 Å². The summed E-state index contributed by atoms with van der Waals surface area (Å²) in [5.41, 5.74) is 0. The van der Waals surface area contributed by atoms with Crippen LogP contribution in [0.3, 0.4) is 0 Å². The molecule has 0 aromatic carbocycles. The second-order valence-corrected chi connectivity index (χ2v) is 6.04. The maximum absolute atomic E-state index is 6.10. The average Bonchev–Trinajstić information content (AvgIpc) is 2.16. The fraction of sp³-hybridized carbons (Fsp3) is 1.00. The van der Waals surface area contributed by atoms with E-state index < -0.39 is 0 Å². The van der Waals surface area contributed by atoms with E-state index in [0.29, 0.717) is 6.10 Å². The second-order valence-electron chi connectivity index (χ2n) is 6.04. The van der Waals surface area contributed by atoms with E-state index in [9.17, 15) is 0 Å². The monoisotopic (exact) mass is 227 g/mol. The molecule has 16 heavy (non-hydrogen) atoms. The molecule has 0 aliphatic heterocycles. The van der Waals surface area contributed by atoms with Gasteiger partial charge in [0, 0.05) is 6.54 Å². The largest absolute Gasteiger partial charge is 0.377 e. The number of hydrogen-bond acceptors (Lipinski definition) is 2. The predicted octanol–water partition coefficient (Wildman–Crippen LogP) is 3.03. The van der Waals surface area contributed by atoms with E-state index in [4.69, 9.17) is 4.74 Å². The summed E-state index contributed by atoms with van der Waals surface area (Å²) in [7, 11) is 4.21. The van der Waals surface area contributed by atoms with Gasteiger partial charge in [0.15, 0.2) is 0 Å². The van der Waals surface area contributed by atoms with Crippen LogP contribution in [0.15, 0.2) is 0 Å². The summed E-state index contributed by atoms with van der Waals surface area (Å²) in [4.78, 5) is 2.19. The highest BCUT2D eigenvalue weighted by atomic mass is 16.5. The Morgan fingerprint density at radius 3 is 2.50 bits per heavy atom. The van der Waals surface area contributed by atoms with Crippen LogP contribution in [0.2, 0.25) is 0 Å². The maximum atomic E-state index is 6.10. The fourth-order valence-electron chi connectivity index (χ4n) is 2.69. The molecule has 2 heteroatoms. The molecule has 0 bridgehead atoms. The van der Waals surface area contributed by atoms with Crippen molar-refractivity contribution in [3.05, 3.63) is 0 Å². The Hall–Kier alpha value is -0.0800. The van der Waals surface area contributed by atoms with Crippen LogP contribution in [0.1, 0.15) is 40.0 Å². The number of nitrogens with zero attached hydrogens (tertiary/aromatic N) is 1. The van der Waals surface area contributed by atoms with E-state index >= 15 is 0 Å². The summed E-state index contributed by atoms with van der Waals surface area (Å²) in [6.45, 7) is 8.95. The molecule has 2 nitrogen and oxygen atoms in total. The average molecular weight is 227 g/mol. The summed E-state index contributed by atoms with van der Waals surface area (Å²) in [5.74, 6) is 2.38.